The van der Waals surface area contributed by atoms with Crippen LogP contribution in [0.5, 0.6) is 0 Å². The highest BCUT2D eigenvalue weighted by Crippen LogP contribution is 2.19. The van der Waals surface area contributed by atoms with Gasteiger partial charge in [-0.2, -0.15) is 0 Å². The minimum atomic E-state index is -0.938. The van der Waals surface area contributed by atoms with Crippen LogP contribution in [0.15, 0.2) is 24.3 Å². The molecule has 0 radical (unpaired) electrons. The number of rotatable bonds is 13. The fraction of sp³-hybridized carbons (Fsp3) is 0.636. The number of aliphatic hydroxyl groups is 1. The molecule has 1 aromatic carbocycles. The van der Waals surface area contributed by atoms with E-state index in [1.807, 2.05) is 18.7 Å². The Morgan fingerprint density at radius 3 is 2.22 bits per heavy atom. The van der Waals surface area contributed by atoms with Crippen LogP contribution in [0, 0.1) is 0 Å². The van der Waals surface area contributed by atoms with Crippen LogP contribution in [0.1, 0.15) is 81.6 Å². The number of hydrogen-bond acceptors (Lipinski definition) is 3. The first-order valence-electron chi connectivity index (χ1n) is 10.1. The monoisotopic (exact) mass is 377 g/mol. The molecule has 0 aliphatic heterocycles. The van der Waals surface area contributed by atoms with Crippen molar-refractivity contribution >= 4 is 11.9 Å². The minimum absolute atomic E-state index is 0.115. The van der Waals surface area contributed by atoms with E-state index in [1.165, 1.54) is 0 Å². The molecule has 0 aromatic heterocycles. The SMILES string of the molecule is CCCCC[C@](C)(O)CCN(CCc1ccc(C(=O)O)cc1)C(=O)CCC. The molecule has 5 nitrogen and oxygen atoms in total. The Hall–Kier alpha value is -1.88. The largest absolute Gasteiger partial charge is 0.478 e. The van der Waals surface area contributed by atoms with E-state index in [1.54, 1.807) is 24.3 Å². The summed E-state index contributed by atoms with van der Waals surface area (Å²) in [6, 6.07) is 6.78. The molecule has 1 amide bonds. The number of benzene rings is 1. The number of unbranched alkanes of at least 4 members (excludes halogenated alkanes) is 2. The topological polar surface area (TPSA) is 77.8 Å². The van der Waals surface area contributed by atoms with E-state index in [4.69, 9.17) is 5.11 Å². The molecule has 0 unspecified atom stereocenters. The van der Waals surface area contributed by atoms with E-state index in [-0.39, 0.29) is 11.5 Å². The van der Waals surface area contributed by atoms with E-state index in [2.05, 4.69) is 6.92 Å². The number of carbonyl (C=O) groups is 2. The summed E-state index contributed by atoms with van der Waals surface area (Å²) >= 11 is 0. The van der Waals surface area contributed by atoms with E-state index in [9.17, 15) is 14.7 Å². The van der Waals surface area contributed by atoms with Gasteiger partial charge in [0.2, 0.25) is 5.91 Å². The lowest BCUT2D eigenvalue weighted by atomic mass is 9.94. The molecule has 1 aromatic rings. The third kappa shape index (κ3) is 9.05. The molecule has 27 heavy (non-hydrogen) atoms. The summed E-state index contributed by atoms with van der Waals surface area (Å²) < 4.78 is 0. The van der Waals surface area contributed by atoms with Gasteiger partial charge >= 0.3 is 5.97 Å². The molecule has 2 N–H and O–H groups in total. The number of aromatic carboxylic acids is 1. The molecule has 0 bridgehead atoms. The maximum absolute atomic E-state index is 12.5. The number of carbonyl (C=O) groups excluding carboxylic acids is 1. The van der Waals surface area contributed by atoms with E-state index in [0.29, 0.717) is 32.4 Å². The van der Waals surface area contributed by atoms with E-state index in [0.717, 1.165) is 37.7 Å². The standard InChI is InChI=1S/C22H35NO4/c1-4-6-7-14-22(3,27)15-17-23(20(24)8-5-2)16-13-18-9-11-19(12-10-18)21(25)26/h9-12,27H,4-8,13-17H2,1-3H3,(H,25,26)/t22-/m0/s1. The fourth-order valence-electron chi connectivity index (χ4n) is 3.07. The second-order valence-electron chi connectivity index (χ2n) is 7.59. The van der Waals surface area contributed by atoms with Gasteiger partial charge in [-0.3, -0.25) is 4.79 Å². The lowest BCUT2D eigenvalue weighted by Gasteiger charge is -2.29. The minimum Gasteiger partial charge on any atom is -0.478 e. The quantitative estimate of drug-likeness (QED) is 0.503. The third-order valence-corrected chi connectivity index (χ3v) is 4.93. The van der Waals surface area contributed by atoms with Crippen LogP contribution in [0.25, 0.3) is 0 Å². The van der Waals surface area contributed by atoms with Gasteiger partial charge in [0.05, 0.1) is 11.2 Å². The first kappa shape index (κ1) is 23.2. The van der Waals surface area contributed by atoms with Crippen molar-refractivity contribution in [2.75, 3.05) is 13.1 Å². The number of amides is 1. The van der Waals surface area contributed by atoms with E-state index < -0.39 is 11.6 Å². The first-order chi connectivity index (χ1) is 12.8. The lowest BCUT2D eigenvalue weighted by molar-refractivity contribution is -0.131. The summed E-state index contributed by atoms with van der Waals surface area (Å²) in [5.41, 5.74) is 0.521. The predicted molar refractivity (Wildman–Crippen MR) is 108 cm³/mol. The number of hydrogen-bond donors (Lipinski definition) is 2. The van der Waals surface area contributed by atoms with Gasteiger partial charge in [0.15, 0.2) is 0 Å². The average molecular weight is 378 g/mol. The Labute approximate surface area is 163 Å². The normalized spacial score (nSPS) is 13.2. The number of carboxylic acid groups (broad SMARTS) is 1. The zero-order valence-electron chi connectivity index (χ0n) is 17.0. The van der Waals surface area contributed by atoms with E-state index >= 15 is 0 Å². The molecular weight excluding hydrogens is 342 g/mol. The van der Waals surface area contributed by atoms with Crippen LogP contribution in [0.3, 0.4) is 0 Å². The summed E-state index contributed by atoms with van der Waals surface area (Å²) in [6.07, 6.45) is 6.55. The van der Waals surface area contributed by atoms with Crippen molar-refractivity contribution in [2.24, 2.45) is 0 Å². The Bertz CT molecular complexity index is 580. The van der Waals surface area contributed by atoms with Crippen LogP contribution in [0.4, 0.5) is 0 Å². The number of nitrogens with zero attached hydrogens (tertiary/aromatic N) is 1. The van der Waals surface area contributed by atoms with Gasteiger partial charge in [-0.05, 0) is 50.3 Å². The van der Waals surface area contributed by atoms with Crippen LogP contribution in [-0.2, 0) is 11.2 Å². The summed E-state index contributed by atoms with van der Waals surface area (Å²) in [5.74, 6) is -0.824. The Morgan fingerprint density at radius 1 is 1.00 bits per heavy atom. The van der Waals surface area contributed by atoms with Crippen LogP contribution >= 0.6 is 0 Å². The van der Waals surface area contributed by atoms with Gasteiger partial charge in [0.25, 0.3) is 0 Å². The van der Waals surface area contributed by atoms with Gasteiger partial charge in [0.1, 0.15) is 0 Å². The molecule has 1 rings (SSSR count). The lowest BCUT2D eigenvalue weighted by Crippen LogP contribution is -2.38. The molecule has 0 heterocycles. The molecule has 0 aliphatic rings. The Kier molecular flexibility index (Phi) is 10.1. The van der Waals surface area contributed by atoms with Crippen molar-refractivity contribution in [3.05, 3.63) is 35.4 Å². The fourth-order valence-corrected chi connectivity index (χ4v) is 3.07. The molecule has 152 valence electrons. The maximum atomic E-state index is 12.5. The van der Waals surface area contributed by atoms with Gasteiger partial charge in [0, 0.05) is 19.5 Å². The van der Waals surface area contributed by atoms with Crippen molar-refractivity contribution < 1.29 is 19.8 Å². The Morgan fingerprint density at radius 2 is 1.67 bits per heavy atom. The molecule has 0 fully saturated rings. The highest BCUT2D eigenvalue weighted by molar-refractivity contribution is 5.87. The molecular formula is C22H35NO4. The third-order valence-electron chi connectivity index (χ3n) is 4.93. The van der Waals surface area contributed by atoms with Crippen molar-refractivity contribution in [3.8, 4) is 0 Å². The summed E-state index contributed by atoms with van der Waals surface area (Å²) in [6.45, 7) is 7.11. The maximum Gasteiger partial charge on any atom is 0.335 e. The molecule has 0 aliphatic carbocycles. The second-order valence-corrected chi connectivity index (χ2v) is 7.59. The molecule has 1 atom stereocenters. The predicted octanol–water partition coefficient (Wildman–Crippen LogP) is 4.28. The van der Waals surface area contributed by atoms with Crippen molar-refractivity contribution in [1.29, 1.82) is 0 Å². The van der Waals surface area contributed by atoms with Gasteiger partial charge in [-0.25, -0.2) is 4.79 Å². The highest BCUT2D eigenvalue weighted by atomic mass is 16.4. The molecule has 0 spiro atoms. The zero-order chi connectivity index (χ0) is 20.3. The van der Waals surface area contributed by atoms with Gasteiger partial charge in [-0.1, -0.05) is 45.2 Å². The van der Waals surface area contributed by atoms with Crippen molar-refractivity contribution in [3.63, 3.8) is 0 Å². The summed E-state index contributed by atoms with van der Waals surface area (Å²) in [4.78, 5) is 25.2. The Balaban J connectivity index is 2.63. The van der Waals surface area contributed by atoms with Crippen molar-refractivity contribution in [1.82, 2.24) is 4.90 Å². The molecule has 0 saturated carbocycles. The molecule has 5 heteroatoms. The average Bonchev–Trinajstić information content (AvgIpc) is 2.62. The van der Waals surface area contributed by atoms with Crippen LogP contribution < -0.4 is 0 Å². The number of carboxylic acids is 1. The zero-order valence-corrected chi connectivity index (χ0v) is 17.0. The van der Waals surface area contributed by atoms with Crippen LogP contribution in [-0.4, -0.2) is 45.7 Å². The van der Waals surface area contributed by atoms with Crippen molar-refractivity contribution in [2.45, 2.75) is 77.7 Å². The molecule has 0 saturated heterocycles. The van der Waals surface area contributed by atoms with Crippen LogP contribution in [0.2, 0.25) is 0 Å². The first-order valence-corrected chi connectivity index (χ1v) is 10.1. The summed E-state index contributed by atoms with van der Waals surface area (Å²) in [5, 5.41) is 19.5. The highest BCUT2D eigenvalue weighted by Gasteiger charge is 2.22. The van der Waals surface area contributed by atoms with Gasteiger partial charge in [-0.15, -0.1) is 0 Å². The second kappa shape index (κ2) is 11.8. The van der Waals surface area contributed by atoms with Gasteiger partial charge < -0.3 is 15.1 Å². The summed E-state index contributed by atoms with van der Waals surface area (Å²) in [7, 11) is 0. The smallest absolute Gasteiger partial charge is 0.335 e.